The Morgan fingerprint density at radius 3 is 2.29 bits per heavy atom. The van der Waals surface area contributed by atoms with Gasteiger partial charge in [0.05, 0.1) is 0 Å². The van der Waals surface area contributed by atoms with E-state index in [2.05, 4.69) is 5.32 Å². The van der Waals surface area contributed by atoms with Gasteiger partial charge in [0.15, 0.2) is 0 Å². The molecule has 3 rings (SSSR count). The van der Waals surface area contributed by atoms with Crippen molar-refractivity contribution in [1.82, 2.24) is 9.13 Å². The Morgan fingerprint density at radius 1 is 0.857 bits per heavy atom. The minimum absolute atomic E-state index is 0.227. The fraction of sp³-hybridized carbons (Fsp3) is 0.227. The van der Waals surface area contributed by atoms with E-state index >= 15 is 0 Å². The van der Waals surface area contributed by atoms with E-state index in [1.165, 1.54) is 17.0 Å². The second kappa shape index (κ2) is 7.68. The maximum Gasteiger partial charge on any atom is 0.320 e. The molecule has 2 aromatic carbocycles. The fourth-order valence-corrected chi connectivity index (χ4v) is 2.93. The number of amides is 1. The lowest BCUT2D eigenvalue weighted by molar-refractivity contribution is -0.116. The summed E-state index contributed by atoms with van der Waals surface area (Å²) in [5, 5.41) is 2.80. The van der Waals surface area contributed by atoms with Gasteiger partial charge in [-0.1, -0.05) is 18.2 Å². The molecule has 0 unspecified atom stereocenters. The minimum Gasteiger partial charge on any atom is -0.324 e. The summed E-state index contributed by atoms with van der Waals surface area (Å²) in [5.41, 5.74) is 3.97. The quantitative estimate of drug-likeness (QED) is 0.711. The van der Waals surface area contributed by atoms with Crippen LogP contribution in [0.4, 0.5) is 5.69 Å². The molecule has 0 bridgehead atoms. The Bertz CT molecular complexity index is 1170. The van der Waals surface area contributed by atoms with E-state index in [1.807, 2.05) is 58.0 Å². The van der Waals surface area contributed by atoms with Gasteiger partial charge in [-0.3, -0.25) is 23.5 Å². The maximum atomic E-state index is 12.5. The van der Waals surface area contributed by atoms with Gasteiger partial charge in [-0.25, -0.2) is 0 Å². The Hall–Kier alpha value is -3.41. The number of hydrogen-bond donors (Lipinski definition) is 1. The van der Waals surface area contributed by atoms with Crippen LogP contribution in [0, 0.1) is 27.7 Å². The number of hydrogen-bond acceptors (Lipinski definition) is 3. The predicted octanol–water partition coefficient (Wildman–Crippen LogP) is 2.87. The zero-order chi connectivity index (χ0) is 20.4. The molecule has 28 heavy (non-hydrogen) atoms. The molecular weight excluding hydrogens is 354 g/mol. The zero-order valence-corrected chi connectivity index (χ0v) is 16.4. The number of carbonyl (C=O) groups excluding carboxylic acids is 1. The summed E-state index contributed by atoms with van der Waals surface area (Å²) in [7, 11) is 0. The van der Waals surface area contributed by atoms with Gasteiger partial charge in [-0.15, -0.1) is 0 Å². The molecule has 1 aromatic heterocycles. The Labute approximate surface area is 163 Å². The molecule has 144 valence electrons. The summed E-state index contributed by atoms with van der Waals surface area (Å²) in [6.45, 7) is 7.53. The lowest BCUT2D eigenvalue weighted by atomic mass is 10.1. The van der Waals surface area contributed by atoms with Gasteiger partial charge in [-0.2, -0.15) is 0 Å². The molecule has 1 N–H and O–H groups in total. The Kier molecular flexibility index (Phi) is 5.31. The highest BCUT2D eigenvalue weighted by Gasteiger charge is 2.11. The zero-order valence-electron chi connectivity index (χ0n) is 16.4. The lowest BCUT2D eigenvalue weighted by Crippen LogP contribution is -2.41. The van der Waals surface area contributed by atoms with Crippen LogP contribution in [0.1, 0.15) is 22.3 Å². The molecule has 3 aromatic rings. The number of aromatic nitrogens is 2. The third kappa shape index (κ3) is 3.96. The van der Waals surface area contributed by atoms with E-state index in [4.69, 9.17) is 0 Å². The molecular formula is C22H23N3O3. The van der Waals surface area contributed by atoms with Gasteiger partial charge in [0.1, 0.15) is 6.54 Å². The number of nitrogens with one attached hydrogen (secondary N) is 1. The van der Waals surface area contributed by atoms with E-state index in [1.54, 1.807) is 6.07 Å². The summed E-state index contributed by atoms with van der Waals surface area (Å²) in [6.07, 6.45) is 2.97. The van der Waals surface area contributed by atoms with Crippen molar-refractivity contribution < 1.29 is 4.79 Å². The first-order valence-electron chi connectivity index (χ1n) is 9.03. The largest absolute Gasteiger partial charge is 0.324 e. The summed E-state index contributed by atoms with van der Waals surface area (Å²) in [4.78, 5) is 37.4. The van der Waals surface area contributed by atoms with Crippen LogP contribution in [-0.2, 0) is 11.3 Å². The second-order valence-corrected chi connectivity index (χ2v) is 7.04. The van der Waals surface area contributed by atoms with Crippen LogP contribution < -0.4 is 16.4 Å². The predicted molar refractivity (Wildman–Crippen MR) is 110 cm³/mol. The van der Waals surface area contributed by atoms with Crippen molar-refractivity contribution in [3.63, 3.8) is 0 Å². The second-order valence-electron chi connectivity index (χ2n) is 7.04. The van der Waals surface area contributed by atoms with Crippen LogP contribution in [0.2, 0.25) is 0 Å². The van der Waals surface area contributed by atoms with Crippen molar-refractivity contribution in [2.45, 2.75) is 34.2 Å². The summed E-state index contributed by atoms with van der Waals surface area (Å²) in [6, 6.07) is 11.3. The van der Waals surface area contributed by atoms with Gasteiger partial charge in [0, 0.05) is 23.8 Å². The molecule has 0 spiro atoms. The molecule has 0 aliphatic rings. The average Bonchev–Trinajstić information content (AvgIpc) is 2.65. The van der Waals surface area contributed by atoms with Crippen LogP contribution >= 0.6 is 0 Å². The molecule has 0 saturated heterocycles. The topological polar surface area (TPSA) is 73.1 Å². The van der Waals surface area contributed by atoms with Crippen LogP contribution in [0.25, 0.3) is 5.69 Å². The smallest absolute Gasteiger partial charge is 0.320 e. The summed E-state index contributed by atoms with van der Waals surface area (Å²) >= 11 is 0. The molecule has 6 heteroatoms. The highest BCUT2D eigenvalue weighted by atomic mass is 16.2. The molecule has 0 fully saturated rings. The highest BCUT2D eigenvalue weighted by Crippen LogP contribution is 2.16. The van der Waals surface area contributed by atoms with E-state index in [-0.39, 0.29) is 12.5 Å². The maximum absolute atomic E-state index is 12.5. The van der Waals surface area contributed by atoms with Crippen molar-refractivity contribution in [2.24, 2.45) is 0 Å². The van der Waals surface area contributed by atoms with Crippen LogP contribution in [0.5, 0.6) is 0 Å². The van der Waals surface area contributed by atoms with Crippen molar-refractivity contribution in [2.75, 3.05) is 5.32 Å². The van der Waals surface area contributed by atoms with Crippen LogP contribution in [0.3, 0.4) is 0 Å². The van der Waals surface area contributed by atoms with E-state index < -0.39 is 11.1 Å². The van der Waals surface area contributed by atoms with Gasteiger partial charge in [0.25, 0.3) is 0 Å². The van der Waals surface area contributed by atoms with Gasteiger partial charge in [0.2, 0.25) is 5.91 Å². The monoisotopic (exact) mass is 377 g/mol. The SMILES string of the molecule is Cc1ccc(C)c(NC(=O)Cn2ccn(-c3ccc(C)c(C)c3)c(=O)c2=O)c1. The molecule has 0 atom stereocenters. The highest BCUT2D eigenvalue weighted by molar-refractivity contribution is 5.91. The Balaban J connectivity index is 1.86. The molecule has 1 amide bonds. The molecule has 0 radical (unpaired) electrons. The minimum atomic E-state index is -0.739. The average molecular weight is 377 g/mol. The standard InChI is InChI=1S/C22H23N3O3/c1-14-5-6-16(3)19(11-14)23-20(26)13-24-9-10-25(22(28)21(24)27)18-8-7-15(2)17(4)12-18/h5-12H,13H2,1-4H3,(H,23,26). The van der Waals surface area contributed by atoms with E-state index in [9.17, 15) is 14.4 Å². The number of anilines is 1. The molecule has 0 aliphatic carbocycles. The lowest BCUT2D eigenvalue weighted by Gasteiger charge is -2.12. The van der Waals surface area contributed by atoms with Crippen LogP contribution in [-0.4, -0.2) is 15.0 Å². The summed E-state index contributed by atoms with van der Waals surface area (Å²) in [5.74, 6) is -0.362. The Morgan fingerprint density at radius 2 is 1.57 bits per heavy atom. The van der Waals surface area contributed by atoms with Crippen molar-refractivity contribution in [1.29, 1.82) is 0 Å². The van der Waals surface area contributed by atoms with E-state index in [0.29, 0.717) is 11.4 Å². The first kappa shape index (κ1) is 19.4. The first-order chi connectivity index (χ1) is 13.3. The summed E-state index contributed by atoms with van der Waals surface area (Å²) < 4.78 is 2.42. The molecule has 0 saturated carbocycles. The third-order valence-corrected chi connectivity index (χ3v) is 4.81. The molecule has 1 heterocycles. The van der Waals surface area contributed by atoms with Crippen molar-refractivity contribution in [3.05, 3.63) is 91.8 Å². The number of rotatable bonds is 4. The van der Waals surface area contributed by atoms with Crippen molar-refractivity contribution in [3.8, 4) is 5.69 Å². The number of carbonyl (C=O) groups is 1. The first-order valence-corrected chi connectivity index (χ1v) is 9.03. The number of aryl methyl sites for hydroxylation is 4. The third-order valence-electron chi connectivity index (χ3n) is 4.81. The van der Waals surface area contributed by atoms with Gasteiger partial charge >= 0.3 is 11.1 Å². The number of nitrogens with zero attached hydrogens (tertiary/aromatic N) is 2. The van der Waals surface area contributed by atoms with Crippen molar-refractivity contribution >= 4 is 11.6 Å². The van der Waals surface area contributed by atoms with Gasteiger partial charge in [-0.05, 0) is 68.1 Å². The fourth-order valence-electron chi connectivity index (χ4n) is 2.93. The molecule has 0 aliphatic heterocycles. The van der Waals surface area contributed by atoms with Crippen LogP contribution in [0.15, 0.2) is 58.4 Å². The van der Waals surface area contributed by atoms with E-state index in [0.717, 1.165) is 26.8 Å². The molecule has 6 nitrogen and oxygen atoms in total. The van der Waals surface area contributed by atoms with Gasteiger partial charge < -0.3 is 5.32 Å². The normalized spacial score (nSPS) is 10.7. The number of benzene rings is 2.